The molecule has 1 N–H and O–H groups in total. The topological polar surface area (TPSA) is 34.1 Å². The third-order valence-electron chi connectivity index (χ3n) is 3.31. The third-order valence-corrected chi connectivity index (χ3v) is 3.31. The van der Waals surface area contributed by atoms with Gasteiger partial charge in [-0.3, -0.25) is 4.98 Å². The summed E-state index contributed by atoms with van der Waals surface area (Å²) in [5.74, 6) is 1.66. The van der Waals surface area contributed by atoms with Gasteiger partial charge >= 0.3 is 0 Å². The summed E-state index contributed by atoms with van der Waals surface area (Å²) in [6, 6.07) is 4.06. The molecule has 3 nitrogen and oxygen atoms in total. The summed E-state index contributed by atoms with van der Waals surface area (Å²) >= 11 is 0. The number of hydrogen-bond donors (Lipinski definition) is 1. The maximum atomic E-state index is 5.77. The van der Waals surface area contributed by atoms with Crippen LogP contribution in [-0.4, -0.2) is 18.1 Å². The first-order chi connectivity index (χ1) is 8.38. The normalized spacial score (nSPS) is 16.3. The molecule has 1 fully saturated rings. The second-order valence-corrected chi connectivity index (χ2v) is 4.73. The van der Waals surface area contributed by atoms with Crippen LogP contribution in [0, 0.1) is 5.92 Å². The molecule has 3 heteroatoms. The highest BCUT2D eigenvalue weighted by Gasteiger charge is 2.15. The largest absolute Gasteiger partial charge is 0.492 e. The highest BCUT2D eigenvalue weighted by atomic mass is 16.5. The molecule has 0 aliphatic heterocycles. The van der Waals surface area contributed by atoms with Crippen molar-refractivity contribution >= 4 is 0 Å². The Morgan fingerprint density at radius 3 is 2.82 bits per heavy atom. The van der Waals surface area contributed by atoms with Crippen molar-refractivity contribution in [1.82, 2.24) is 10.3 Å². The van der Waals surface area contributed by atoms with E-state index < -0.39 is 0 Å². The monoisotopic (exact) mass is 234 g/mol. The first kappa shape index (κ1) is 12.4. The van der Waals surface area contributed by atoms with Crippen LogP contribution >= 0.6 is 0 Å². The van der Waals surface area contributed by atoms with Crippen molar-refractivity contribution in [2.24, 2.45) is 5.92 Å². The maximum Gasteiger partial charge on any atom is 0.137 e. The molecule has 1 heterocycles. The quantitative estimate of drug-likeness (QED) is 0.822. The second kappa shape index (κ2) is 6.60. The van der Waals surface area contributed by atoms with Gasteiger partial charge in [-0.15, -0.1) is 0 Å². The van der Waals surface area contributed by atoms with Gasteiger partial charge in [0.1, 0.15) is 5.75 Å². The zero-order valence-electron chi connectivity index (χ0n) is 10.6. The van der Waals surface area contributed by atoms with Gasteiger partial charge in [-0.05, 0) is 37.4 Å². The Morgan fingerprint density at radius 2 is 2.18 bits per heavy atom. The van der Waals surface area contributed by atoms with Crippen LogP contribution < -0.4 is 10.1 Å². The van der Waals surface area contributed by atoms with Gasteiger partial charge < -0.3 is 10.1 Å². The summed E-state index contributed by atoms with van der Waals surface area (Å²) in [6.07, 6.45) is 7.22. The van der Waals surface area contributed by atoms with Crippen LogP contribution in [0.2, 0.25) is 0 Å². The number of rotatable bonds is 6. The van der Waals surface area contributed by atoms with Gasteiger partial charge in [0.2, 0.25) is 0 Å². The van der Waals surface area contributed by atoms with Gasteiger partial charge in [0.25, 0.3) is 0 Å². The average Bonchev–Trinajstić information content (AvgIpc) is 2.88. The molecular weight excluding hydrogens is 212 g/mol. The van der Waals surface area contributed by atoms with Gasteiger partial charge in [0, 0.05) is 6.54 Å². The Labute approximate surface area is 104 Å². The molecule has 1 aromatic heterocycles. The first-order valence-electron chi connectivity index (χ1n) is 6.67. The van der Waals surface area contributed by atoms with E-state index in [1.54, 1.807) is 0 Å². The van der Waals surface area contributed by atoms with Crippen molar-refractivity contribution < 1.29 is 4.74 Å². The lowest BCUT2D eigenvalue weighted by molar-refractivity contribution is 0.251. The predicted octanol–water partition coefficient (Wildman–Crippen LogP) is 2.76. The lowest BCUT2D eigenvalue weighted by Gasteiger charge is -2.11. The fraction of sp³-hybridized carbons (Fsp3) is 0.643. The van der Waals surface area contributed by atoms with Crippen molar-refractivity contribution in [3.63, 3.8) is 0 Å². The Morgan fingerprint density at radius 1 is 1.35 bits per heavy atom. The lowest BCUT2D eigenvalue weighted by Crippen LogP contribution is -2.13. The van der Waals surface area contributed by atoms with E-state index in [1.807, 2.05) is 18.3 Å². The van der Waals surface area contributed by atoms with Crippen LogP contribution in [0.1, 0.15) is 38.3 Å². The van der Waals surface area contributed by atoms with E-state index in [0.29, 0.717) is 0 Å². The van der Waals surface area contributed by atoms with E-state index in [1.165, 1.54) is 25.7 Å². The van der Waals surface area contributed by atoms with E-state index in [-0.39, 0.29) is 0 Å². The summed E-state index contributed by atoms with van der Waals surface area (Å²) < 4.78 is 5.77. The van der Waals surface area contributed by atoms with Crippen LogP contribution in [0.3, 0.4) is 0 Å². The summed E-state index contributed by atoms with van der Waals surface area (Å²) in [6.45, 7) is 4.76. The van der Waals surface area contributed by atoms with Gasteiger partial charge in [-0.2, -0.15) is 0 Å². The predicted molar refractivity (Wildman–Crippen MR) is 69.1 cm³/mol. The fourth-order valence-electron chi connectivity index (χ4n) is 2.25. The molecule has 0 amide bonds. The van der Waals surface area contributed by atoms with Crippen molar-refractivity contribution in [2.75, 3.05) is 13.2 Å². The Bertz CT molecular complexity index is 317. The number of pyridine rings is 1. The van der Waals surface area contributed by atoms with Crippen molar-refractivity contribution in [3.8, 4) is 5.75 Å². The molecule has 0 unspecified atom stereocenters. The number of nitrogens with zero attached hydrogens (tertiary/aromatic N) is 1. The highest BCUT2D eigenvalue weighted by Crippen LogP contribution is 2.25. The zero-order chi connectivity index (χ0) is 11.9. The standard InChI is InChI=1S/C14H22N2O/c1-2-15-9-13-7-8-14(10-16-13)17-11-12-5-3-4-6-12/h7-8,10,12,15H,2-6,9,11H2,1H3. The van der Waals surface area contributed by atoms with Crippen LogP contribution in [0.4, 0.5) is 0 Å². The smallest absolute Gasteiger partial charge is 0.137 e. The van der Waals surface area contributed by atoms with Gasteiger partial charge in [0.05, 0.1) is 18.5 Å². The summed E-state index contributed by atoms with van der Waals surface area (Å²) in [5.41, 5.74) is 1.07. The van der Waals surface area contributed by atoms with Crippen molar-refractivity contribution in [1.29, 1.82) is 0 Å². The Hall–Kier alpha value is -1.09. The molecule has 0 atom stereocenters. The average molecular weight is 234 g/mol. The molecular formula is C14H22N2O. The summed E-state index contributed by atoms with van der Waals surface area (Å²) in [5, 5.41) is 3.26. The van der Waals surface area contributed by atoms with E-state index in [2.05, 4.69) is 17.2 Å². The SMILES string of the molecule is CCNCc1ccc(OCC2CCCC2)cn1. The van der Waals surface area contributed by atoms with E-state index in [0.717, 1.165) is 37.1 Å². The minimum absolute atomic E-state index is 0.761. The van der Waals surface area contributed by atoms with Crippen LogP contribution in [0.15, 0.2) is 18.3 Å². The van der Waals surface area contributed by atoms with Crippen molar-refractivity contribution in [3.05, 3.63) is 24.0 Å². The minimum atomic E-state index is 0.761. The molecule has 1 saturated carbocycles. The number of aromatic nitrogens is 1. The van der Waals surface area contributed by atoms with Gasteiger partial charge in [-0.1, -0.05) is 19.8 Å². The van der Waals surface area contributed by atoms with E-state index in [4.69, 9.17) is 4.74 Å². The number of ether oxygens (including phenoxy) is 1. The van der Waals surface area contributed by atoms with Crippen molar-refractivity contribution in [2.45, 2.75) is 39.2 Å². The lowest BCUT2D eigenvalue weighted by atomic mass is 10.1. The molecule has 0 aromatic carbocycles. The number of nitrogens with one attached hydrogen (secondary N) is 1. The van der Waals surface area contributed by atoms with Gasteiger partial charge in [-0.25, -0.2) is 0 Å². The molecule has 1 aliphatic rings. The van der Waals surface area contributed by atoms with Crippen LogP contribution in [0.25, 0.3) is 0 Å². The minimum Gasteiger partial charge on any atom is -0.492 e. The fourth-order valence-corrected chi connectivity index (χ4v) is 2.25. The highest BCUT2D eigenvalue weighted by molar-refractivity contribution is 5.19. The van der Waals surface area contributed by atoms with E-state index >= 15 is 0 Å². The van der Waals surface area contributed by atoms with Crippen LogP contribution in [0.5, 0.6) is 5.75 Å². The molecule has 0 saturated heterocycles. The number of hydrogen-bond acceptors (Lipinski definition) is 3. The van der Waals surface area contributed by atoms with Crippen LogP contribution in [-0.2, 0) is 6.54 Å². The maximum absolute atomic E-state index is 5.77. The molecule has 94 valence electrons. The second-order valence-electron chi connectivity index (χ2n) is 4.73. The summed E-state index contributed by atoms with van der Waals surface area (Å²) in [4.78, 5) is 4.37. The molecule has 1 aromatic rings. The summed E-state index contributed by atoms with van der Waals surface area (Å²) in [7, 11) is 0. The molecule has 0 bridgehead atoms. The zero-order valence-corrected chi connectivity index (χ0v) is 10.6. The van der Waals surface area contributed by atoms with Gasteiger partial charge in [0.15, 0.2) is 0 Å². The molecule has 0 radical (unpaired) electrons. The Balaban J connectivity index is 1.76. The molecule has 2 rings (SSSR count). The molecule has 0 spiro atoms. The van der Waals surface area contributed by atoms with E-state index in [9.17, 15) is 0 Å². The third kappa shape index (κ3) is 4.00. The Kier molecular flexibility index (Phi) is 4.80. The molecule has 17 heavy (non-hydrogen) atoms. The molecule has 1 aliphatic carbocycles. The first-order valence-corrected chi connectivity index (χ1v) is 6.67.